The number of carboxylic acids is 1. The van der Waals surface area contributed by atoms with Crippen LogP contribution in [0.15, 0.2) is 0 Å². The fraction of sp³-hybridized carbons (Fsp3) is 0.800. The Hall–Kier alpha value is -0.710. The van der Waals surface area contributed by atoms with Gasteiger partial charge in [0, 0.05) is 24.0 Å². The summed E-state index contributed by atoms with van der Waals surface area (Å²) in [5.41, 5.74) is 0. The maximum Gasteiger partial charge on any atom is 0.327 e. The van der Waals surface area contributed by atoms with E-state index in [0.29, 0.717) is 18.2 Å². The molecule has 0 bridgehead atoms. The smallest absolute Gasteiger partial charge is 0.327 e. The molecule has 0 spiro atoms. The van der Waals surface area contributed by atoms with Crippen LogP contribution in [0.4, 0.5) is 0 Å². The Labute approximate surface area is 93.0 Å². The van der Waals surface area contributed by atoms with Crippen molar-refractivity contribution in [1.82, 2.24) is 4.90 Å². The lowest BCUT2D eigenvalue weighted by atomic mass is 10.2. The molecule has 1 N–H and O–H groups in total. The van der Waals surface area contributed by atoms with E-state index in [9.17, 15) is 9.59 Å². The molecule has 3 atom stereocenters. The van der Waals surface area contributed by atoms with E-state index in [-0.39, 0.29) is 11.8 Å². The van der Waals surface area contributed by atoms with Crippen molar-refractivity contribution < 1.29 is 14.7 Å². The first-order chi connectivity index (χ1) is 7.11. The minimum absolute atomic E-state index is 0.0511. The molecule has 4 nitrogen and oxygen atoms in total. The molecule has 2 aliphatic rings. The van der Waals surface area contributed by atoms with Crippen LogP contribution >= 0.6 is 11.8 Å². The summed E-state index contributed by atoms with van der Waals surface area (Å²) in [4.78, 5) is 24.5. The van der Waals surface area contributed by atoms with E-state index in [2.05, 4.69) is 0 Å². The van der Waals surface area contributed by atoms with Crippen LogP contribution in [-0.4, -0.2) is 46.0 Å². The monoisotopic (exact) mass is 229 g/mol. The Morgan fingerprint density at radius 1 is 1.47 bits per heavy atom. The van der Waals surface area contributed by atoms with Gasteiger partial charge in [0.15, 0.2) is 0 Å². The summed E-state index contributed by atoms with van der Waals surface area (Å²) in [6.45, 7) is 2.63. The van der Waals surface area contributed by atoms with Crippen LogP contribution in [0.2, 0.25) is 0 Å². The van der Waals surface area contributed by atoms with Crippen LogP contribution in [0.25, 0.3) is 0 Å². The highest BCUT2D eigenvalue weighted by Gasteiger charge is 2.44. The molecule has 15 heavy (non-hydrogen) atoms. The molecule has 1 heterocycles. The van der Waals surface area contributed by atoms with Gasteiger partial charge in [-0.15, -0.1) is 0 Å². The number of carbonyl (C=O) groups excluding carboxylic acids is 1. The Kier molecular flexibility index (Phi) is 2.91. The van der Waals surface area contributed by atoms with Gasteiger partial charge in [0.25, 0.3) is 0 Å². The van der Waals surface area contributed by atoms with Crippen LogP contribution in [0.5, 0.6) is 0 Å². The normalized spacial score (nSPS) is 35.0. The first kappa shape index (κ1) is 10.8. The lowest BCUT2D eigenvalue weighted by Gasteiger charge is -2.32. The van der Waals surface area contributed by atoms with Crippen LogP contribution in [0, 0.1) is 11.8 Å². The van der Waals surface area contributed by atoms with Crippen molar-refractivity contribution in [2.24, 2.45) is 11.8 Å². The first-order valence-corrected chi connectivity index (χ1v) is 6.37. The van der Waals surface area contributed by atoms with E-state index in [1.807, 2.05) is 6.92 Å². The van der Waals surface area contributed by atoms with Crippen molar-refractivity contribution in [2.75, 3.05) is 18.1 Å². The lowest BCUT2D eigenvalue weighted by molar-refractivity contribution is -0.149. The van der Waals surface area contributed by atoms with Crippen molar-refractivity contribution in [3.05, 3.63) is 0 Å². The molecule has 1 saturated carbocycles. The molecule has 1 saturated heterocycles. The highest BCUT2D eigenvalue weighted by atomic mass is 32.2. The topological polar surface area (TPSA) is 57.6 Å². The molecule has 1 aliphatic heterocycles. The molecule has 0 aromatic heterocycles. The third-order valence-electron chi connectivity index (χ3n) is 3.12. The van der Waals surface area contributed by atoms with Gasteiger partial charge in [-0.25, -0.2) is 4.79 Å². The van der Waals surface area contributed by atoms with Crippen molar-refractivity contribution >= 4 is 23.6 Å². The number of thioether (sulfide) groups is 1. The van der Waals surface area contributed by atoms with Crippen LogP contribution < -0.4 is 0 Å². The van der Waals surface area contributed by atoms with Gasteiger partial charge in [-0.1, -0.05) is 6.92 Å². The van der Waals surface area contributed by atoms with Gasteiger partial charge in [-0.2, -0.15) is 11.8 Å². The SMILES string of the molecule is CC1CC1C(=O)N1CCSCC1C(=O)O. The average Bonchev–Trinajstić information content (AvgIpc) is 2.94. The van der Waals surface area contributed by atoms with E-state index >= 15 is 0 Å². The zero-order chi connectivity index (χ0) is 11.0. The van der Waals surface area contributed by atoms with Gasteiger partial charge in [-0.3, -0.25) is 4.79 Å². The third kappa shape index (κ3) is 2.12. The maximum absolute atomic E-state index is 11.9. The second-order valence-corrected chi connectivity index (χ2v) is 5.43. The number of amides is 1. The second kappa shape index (κ2) is 4.04. The molecule has 2 rings (SSSR count). The quantitative estimate of drug-likeness (QED) is 0.756. The predicted octanol–water partition coefficient (Wildman–Crippen LogP) is 0.671. The second-order valence-electron chi connectivity index (χ2n) is 4.28. The highest BCUT2D eigenvalue weighted by molar-refractivity contribution is 7.99. The van der Waals surface area contributed by atoms with E-state index in [4.69, 9.17) is 5.11 Å². The van der Waals surface area contributed by atoms with Gasteiger partial charge in [0.2, 0.25) is 5.91 Å². The van der Waals surface area contributed by atoms with Gasteiger partial charge in [0.1, 0.15) is 6.04 Å². The number of hydrogen-bond acceptors (Lipinski definition) is 3. The number of hydrogen-bond donors (Lipinski definition) is 1. The van der Waals surface area contributed by atoms with Crippen LogP contribution in [0.1, 0.15) is 13.3 Å². The fourth-order valence-corrected chi connectivity index (χ4v) is 2.99. The van der Waals surface area contributed by atoms with E-state index < -0.39 is 12.0 Å². The molecular formula is C10H15NO3S. The predicted molar refractivity (Wildman–Crippen MR) is 57.7 cm³/mol. The molecule has 0 aromatic rings. The van der Waals surface area contributed by atoms with Crippen molar-refractivity contribution in [3.63, 3.8) is 0 Å². The number of carboxylic acid groups (broad SMARTS) is 1. The highest BCUT2D eigenvalue weighted by Crippen LogP contribution is 2.40. The lowest BCUT2D eigenvalue weighted by Crippen LogP contribution is -2.51. The van der Waals surface area contributed by atoms with Gasteiger partial charge < -0.3 is 10.0 Å². The molecule has 0 radical (unpaired) electrons. The Balaban J connectivity index is 2.04. The maximum atomic E-state index is 11.9. The van der Waals surface area contributed by atoms with Crippen molar-refractivity contribution in [1.29, 1.82) is 0 Å². The molecule has 5 heteroatoms. The van der Waals surface area contributed by atoms with Crippen molar-refractivity contribution in [3.8, 4) is 0 Å². The Bertz CT molecular complexity index is 294. The van der Waals surface area contributed by atoms with Gasteiger partial charge >= 0.3 is 5.97 Å². The van der Waals surface area contributed by atoms with E-state index in [1.165, 1.54) is 0 Å². The minimum Gasteiger partial charge on any atom is -0.480 e. The first-order valence-electron chi connectivity index (χ1n) is 5.22. The third-order valence-corrected chi connectivity index (χ3v) is 4.15. The standard InChI is InChI=1S/C10H15NO3S/c1-6-4-7(6)9(12)11-2-3-15-5-8(11)10(13)14/h6-8H,2-5H2,1H3,(H,13,14). The Morgan fingerprint density at radius 2 is 2.13 bits per heavy atom. The molecule has 1 amide bonds. The van der Waals surface area contributed by atoms with E-state index in [0.717, 1.165) is 12.2 Å². The zero-order valence-corrected chi connectivity index (χ0v) is 9.50. The molecule has 2 fully saturated rings. The molecule has 84 valence electrons. The van der Waals surface area contributed by atoms with Gasteiger partial charge in [-0.05, 0) is 12.3 Å². The summed E-state index contributed by atoms with van der Waals surface area (Å²) in [7, 11) is 0. The number of nitrogens with zero attached hydrogens (tertiary/aromatic N) is 1. The summed E-state index contributed by atoms with van der Waals surface area (Å²) >= 11 is 1.61. The molecular weight excluding hydrogens is 214 g/mol. The number of carbonyl (C=O) groups is 2. The average molecular weight is 229 g/mol. The van der Waals surface area contributed by atoms with Crippen molar-refractivity contribution in [2.45, 2.75) is 19.4 Å². The largest absolute Gasteiger partial charge is 0.480 e. The van der Waals surface area contributed by atoms with Crippen LogP contribution in [0.3, 0.4) is 0 Å². The number of rotatable bonds is 2. The van der Waals surface area contributed by atoms with Crippen LogP contribution in [-0.2, 0) is 9.59 Å². The summed E-state index contributed by atoms with van der Waals surface area (Å²) < 4.78 is 0. The van der Waals surface area contributed by atoms with E-state index in [1.54, 1.807) is 16.7 Å². The summed E-state index contributed by atoms with van der Waals surface area (Å²) in [5, 5.41) is 9.02. The summed E-state index contributed by atoms with van der Waals surface area (Å²) in [6.07, 6.45) is 0.925. The molecule has 1 aliphatic carbocycles. The molecule has 0 aromatic carbocycles. The fourth-order valence-electron chi connectivity index (χ4n) is 1.95. The van der Waals surface area contributed by atoms with Gasteiger partial charge in [0.05, 0.1) is 0 Å². The summed E-state index contributed by atoms with van der Waals surface area (Å²) in [5.74, 6) is 1.11. The number of aliphatic carboxylic acids is 1. The minimum atomic E-state index is -0.871. The zero-order valence-electron chi connectivity index (χ0n) is 8.68. The summed E-state index contributed by atoms with van der Waals surface area (Å²) in [6, 6.07) is -0.607. The Morgan fingerprint density at radius 3 is 2.67 bits per heavy atom. The molecule has 3 unspecified atom stereocenters.